The molecule has 1 N–H and O–H groups in total. The van der Waals surface area contributed by atoms with Crippen LogP contribution in [-0.4, -0.2) is 59.2 Å². The largest absolute Gasteiger partial charge is 0.494 e. The summed E-state index contributed by atoms with van der Waals surface area (Å²) in [7, 11) is -1.27. The number of sulfonamides is 1. The van der Waals surface area contributed by atoms with Crippen molar-refractivity contribution in [2.75, 3.05) is 25.5 Å². The number of nitrogens with one attached hydrogen (secondary N) is 1. The normalized spacial score (nSPS) is 17.4. The number of hydrogen-bond acceptors (Lipinski definition) is 10. The molecule has 0 saturated carbocycles. The Morgan fingerprint density at radius 1 is 1.17 bits per heavy atom. The Labute approximate surface area is 207 Å². The SMILES string of the molecule is COc1cccc2c1-n1c(nnc1-c1cncc(C)c1)NS(=O)(=O)[C@@H]([C@@H](OC)c1ncc(C)o1)CO2. The zero-order valence-electron chi connectivity index (χ0n) is 20.0. The minimum absolute atomic E-state index is 0.0498. The van der Waals surface area contributed by atoms with Crippen LogP contribution in [0.15, 0.2) is 47.3 Å². The number of nitrogens with zero attached hydrogens (tertiary/aromatic N) is 5. The predicted octanol–water partition coefficient (Wildman–Crippen LogP) is 2.83. The first-order valence-corrected chi connectivity index (χ1v) is 12.5. The van der Waals surface area contributed by atoms with Crippen LogP contribution in [0.5, 0.6) is 11.5 Å². The number of anilines is 1. The highest BCUT2D eigenvalue weighted by atomic mass is 32.2. The highest BCUT2D eigenvalue weighted by molar-refractivity contribution is 7.93. The Hall–Kier alpha value is -3.97. The Morgan fingerprint density at radius 3 is 2.69 bits per heavy atom. The number of aromatic nitrogens is 5. The van der Waals surface area contributed by atoms with E-state index >= 15 is 0 Å². The summed E-state index contributed by atoms with van der Waals surface area (Å²) in [5, 5.41) is 7.22. The lowest BCUT2D eigenvalue weighted by molar-refractivity contribution is 0.0622. The highest BCUT2D eigenvalue weighted by Gasteiger charge is 2.41. The van der Waals surface area contributed by atoms with Crippen LogP contribution in [0.1, 0.15) is 23.3 Å². The number of rotatable bonds is 5. The summed E-state index contributed by atoms with van der Waals surface area (Å²) >= 11 is 0. The van der Waals surface area contributed by atoms with E-state index in [0.717, 1.165) is 5.56 Å². The van der Waals surface area contributed by atoms with Gasteiger partial charge in [0.25, 0.3) is 0 Å². The number of pyridine rings is 1. The number of ether oxygens (including phenoxy) is 3. The number of methoxy groups -OCH3 is 2. The van der Waals surface area contributed by atoms with Crippen molar-refractivity contribution in [2.24, 2.45) is 0 Å². The molecule has 0 unspecified atom stereocenters. The average molecular weight is 513 g/mol. The topological polar surface area (TPSA) is 143 Å². The third kappa shape index (κ3) is 4.16. The number of benzene rings is 1. The minimum atomic E-state index is -4.16. The molecule has 4 aromatic rings. The first-order chi connectivity index (χ1) is 17.3. The molecular formula is C23H24N6O6S. The van der Waals surface area contributed by atoms with Crippen LogP contribution in [-0.2, 0) is 14.8 Å². The average Bonchev–Trinajstić information content (AvgIpc) is 3.47. The van der Waals surface area contributed by atoms with Gasteiger partial charge >= 0.3 is 0 Å². The lowest BCUT2D eigenvalue weighted by Gasteiger charge is -2.23. The molecule has 13 heteroatoms. The van der Waals surface area contributed by atoms with Crippen LogP contribution in [0.4, 0.5) is 5.95 Å². The molecule has 36 heavy (non-hydrogen) atoms. The number of para-hydroxylation sites is 1. The van der Waals surface area contributed by atoms with Gasteiger partial charge in [-0.3, -0.25) is 14.3 Å². The standard InChI is InChI=1S/C23H24N6O6S/c1-13-8-15(11-24-9-13)21-26-27-23-28-36(30,31)18(20(33-4)22-25-10-14(2)35-22)12-34-17-7-5-6-16(32-3)19(17)29(21)23/h5-11,18,20H,12H2,1-4H3,(H,27,28)/t18-,20-/m1/s1. The predicted molar refractivity (Wildman–Crippen MR) is 129 cm³/mol. The van der Waals surface area contributed by atoms with Gasteiger partial charge in [-0.05, 0) is 37.6 Å². The van der Waals surface area contributed by atoms with Crippen molar-refractivity contribution in [1.82, 2.24) is 24.7 Å². The second kappa shape index (κ2) is 9.24. The zero-order valence-corrected chi connectivity index (χ0v) is 20.8. The van der Waals surface area contributed by atoms with Gasteiger partial charge in [0.2, 0.25) is 21.9 Å². The fourth-order valence-corrected chi connectivity index (χ4v) is 5.40. The Bertz CT molecular complexity index is 1520. The molecule has 2 atom stereocenters. The van der Waals surface area contributed by atoms with Gasteiger partial charge in [0.15, 0.2) is 11.9 Å². The molecule has 0 radical (unpaired) electrons. The van der Waals surface area contributed by atoms with Crippen molar-refractivity contribution in [1.29, 1.82) is 0 Å². The van der Waals surface area contributed by atoms with Crippen molar-refractivity contribution in [3.05, 3.63) is 60.1 Å². The summed E-state index contributed by atoms with van der Waals surface area (Å²) < 4.78 is 54.4. The van der Waals surface area contributed by atoms with Gasteiger partial charge in [0.1, 0.15) is 34.8 Å². The van der Waals surface area contributed by atoms with Gasteiger partial charge in [-0.15, -0.1) is 10.2 Å². The summed E-state index contributed by atoms with van der Waals surface area (Å²) in [4.78, 5) is 8.42. The maximum absolute atomic E-state index is 13.7. The highest BCUT2D eigenvalue weighted by Crippen LogP contribution is 2.40. The molecular weight excluding hydrogens is 488 g/mol. The van der Waals surface area contributed by atoms with Crippen molar-refractivity contribution in [3.63, 3.8) is 0 Å². The van der Waals surface area contributed by atoms with Crippen LogP contribution in [0.2, 0.25) is 0 Å². The third-order valence-corrected chi connectivity index (χ3v) is 7.36. The molecule has 0 bridgehead atoms. The smallest absolute Gasteiger partial charge is 0.244 e. The summed E-state index contributed by atoms with van der Waals surface area (Å²) in [6.07, 6.45) is 3.77. The summed E-state index contributed by atoms with van der Waals surface area (Å²) in [5.74, 6) is 1.73. The second-order valence-electron chi connectivity index (χ2n) is 8.20. The molecule has 0 fully saturated rings. The fraction of sp³-hybridized carbons (Fsp3) is 0.304. The van der Waals surface area contributed by atoms with Crippen molar-refractivity contribution in [2.45, 2.75) is 25.2 Å². The number of fused-ring (bicyclic) bond motifs is 3. The summed E-state index contributed by atoms with van der Waals surface area (Å²) in [5.41, 5.74) is 1.96. The Morgan fingerprint density at radius 2 is 2.00 bits per heavy atom. The third-order valence-electron chi connectivity index (χ3n) is 5.71. The Balaban J connectivity index is 1.72. The molecule has 0 aliphatic carbocycles. The maximum atomic E-state index is 13.7. The van der Waals surface area contributed by atoms with Crippen molar-refractivity contribution >= 4 is 16.0 Å². The van der Waals surface area contributed by atoms with E-state index < -0.39 is 21.4 Å². The molecule has 1 aliphatic heterocycles. The second-order valence-corrected chi connectivity index (χ2v) is 10.1. The number of aryl methyl sites for hydroxylation is 2. The van der Waals surface area contributed by atoms with E-state index in [1.54, 1.807) is 42.1 Å². The van der Waals surface area contributed by atoms with Crippen LogP contribution >= 0.6 is 0 Å². The molecule has 3 aromatic heterocycles. The molecule has 12 nitrogen and oxygen atoms in total. The summed E-state index contributed by atoms with van der Waals surface area (Å²) in [6.45, 7) is 3.34. The maximum Gasteiger partial charge on any atom is 0.244 e. The van der Waals surface area contributed by atoms with E-state index in [9.17, 15) is 8.42 Å². The molecule has 4 heterocycles. The molecule has 0 spiro atoms. The molecule has 188 valence electrons. The number of hydrogen-bond donors (Lipinski definition) is 1. The molecule has 1 aromatic carbocycles. The monoisotopic (exact) mass is 512 g/mol. The molecule has 5 rings (SSSR count). The first kappa shape index (κ1) is 23.8. The van der Waals surface area contributed by atoms with Crippen LogP contribution in [0, 0.1) is 13.8 Å². The minimum Gasteiger partial charge on any atom is -0.494 e. The quantitative estimate of drug-likeness (QED) is 0.424. The van der Waals surface area contributed by atoms with Crippen LogP contribution in [0.25, 0.3) is 17.1 Å². The number of oxazole rings is 1. The molecule has 0 amide bonds. The van der Waals surface area contributed by atoms with Crippen molar-refractivity contribution in [3.8, 4) is 28.6 Å². The van der Waals surface area contributed by atoms with Gasteiger partial charge in [0, 0.05) is 25.1 Å². The van der Waals surface area contributed by atoms with E-state index in [2.05, 4.69) is 24.9 Å². The van der Waals surface area contributed by atoms with Crippen LogP contribution < -0.4 is 14.2 Å². The first-order valence-electron chi connectivity index (χ1n) is 11.0. The fourth-order valence-electron chi connectivity index (χ4n) is 4.06. The zero-order chi connectivity index (χ0) is 25.4. The van der Waals surface area contributed by atoms with Crippen molar-refractivity contribution < 1.29 is 27.0 Å². The van der Waals surface area contributed by atoms with E-state index in [4.69, 9.17) is 18.6 Å². The lowest BCUT2D eigenvalue weighted by Crippen LogP contribution is -2.39. The van der Waals surface area contributed by atoms with E-state index in [1.165, 1.54) is 20.4 Å². The van der Waals surface area contributed by atoms with E-state index in [-0.39, 0.29) is 18.4 Å². The van der Waals surface area contributed by atoms with Gasteiger partial charge in [0.05, 0.1) is 13.3 Å². The lowest BCUT2D eigenvalue weighted by atomic mass is 10.2. The van der Waals surface area contributed by atoms with Gasteiger partial charge in [-0.2, -0.15) is 0 Å². The van der Waals surface area contributed by atoms with Gasteiger partial charge in [-0.1, -0.05) is 6.07 Å². The summed E-state index contributed by atoms with van der Waals surface area (Å²) in [6, 6.07) is 7.07. The van der Waals surface area contributed by atoms with E-state index in [1.807, 2.05) is 13.0 Å². The molecule has 0 saturated heterocycles. The van der Waals surface area contributed by atoms with Crippen LogP contribution in [0.3, 0.4) is 0 Å². The van der Waals surface area contributed by atoms with Gasteiger partial charge < -0.3 is 18.6 Å². The Kier molecular flexibility index (Phi) is 6.10. The van der Waals surface area contributed by atoms with Gasteiger partial charge in [-0.25, -0.2) is 13.4 Å². The molecule has 1 aliphatic rings. The van der Waals surface area contributed by atoms with E-state index in [0.29, 0.717) is 34.3 Å².